The Balaban J connectivity index is 1.93. The van der Waals surface area contributed by atoms with E-state index in [0.717, 1.165) is 31.8 Å². The van der Waals surface area contributed by atoms with Gasteiger partial charge in [-0.1, -0.05) is 18.5 Å². The molecule has 1 aliphatic heterocycles. The third-order valence-electron chi connectivity index (χ3n) is 3.05. The summed E-state index contributed by atoms with van der Waals surface area (Å²) in [5, 5.41) is 3.21. The quantitative estimate of drug-likeness (QED) is 0.782. The Kier molecular flexibility index (Phi) is 3.84. The minimum atomic E-state index is -0.0563. The van der Waals surface area contributed by atoms with E-state index in [4.69, 9.17) is 11.6 Å². The highest BCUT2D eigenvalue weighted by molar-refractivity contribution is 6.29. The molecule has 1 N–H and O–H groups in total. The van der Waals surface area contributed by atoms with E-state index >= 15 is 0 Å². The van der Waals surface area contributed by atoms with Crippen LogP contribution in [-0.2, 0) is 0 Å². The van der Waals surface area contributed by atoms with Gasteiger partial charge in [0.15, 0.2) is 0 Å². The molecular formula is C12H16ClN3O. The van der Waals surface area contributed by atoms with Crippen LogP contribution in [0.3, 0.4) is 0 Å². The maximum Gasteiger partial charge on any atom is 0.321 e. The van der Waals surface area contributed by atoms with Crippen molar-refractivity contribution in [3.63, 3.8) is 0 Å². The summed E-state index contributed by atoms with van der Waals surface area (Å²) >= 11 is 5.76. The van der Waals surface area contributed by atoms with Crippen LogP contribution in [0.25, 0.3) is 0 Å². The van der Waals surface area contributed by atoms with Gasteiger partial charge in [-0.15, -0.1) is 0 Å². The fourth-order valence-electron chi connectivity index (χ4n) is 1.89. The third-order valence-corrected chi connectivity index (χ3v) is 3.26. The number of hydrogen-bond donors (Lipinski definition) is 1. The van der Waals surface area contributed by atoms with E-state index in [9.17, 15) is 4.79 Å². The first-order valence-electron chi connectivity index (χ1n) is 5.82. The fourth-order valence-corrected chi connectivity index (χ4v) is 2.07. The number of piperidine rings is 1. The highest BCUT2D eigenvalue weighted by atomic mass is 35.5. The Labute approximate surface area is 106 Å². The van der Waals surface area contributed by atoms with Crippen LogP contribution in [0.2, 0.25) is 5.15 Å². The van der Waals surface area contributed by atoms with Crippen LogP contribution in [0.4, 0.5) is 10.5 Å². The lowest BCUT2D eigenvalue weighted by molar-refractivity contribution is 0.186. The first-order chi connectivity index (χ1) is 8.15. The average molecular weight is 254 g/mol. The number of urea groups is 1. The number of rotatable bonds is 1. The molecule has 0 radical (unpaired) electrons. The molecule has 5 heteroatoms. The predicted molar refractivity (Wildman–Crippen MR) is 68.2 cm³/mol. The van der Waals surface area contributed by atoms with Gasteiger partial charge in [-0.25, -0.2) is 9.78 Å². The van der Waals surface area contributed by atoms with Crippen molar-refractivity contribution in [1.82, 2.24) is 9.88 Å². The number of anilines is 1. The van der Waals surface area contributed by atoms with E-state index in [2.05, 4.69) is 17.2 Å². The second-order valence-corrected chi connectivity index (χ2v) is 4.85. The Morgan fingerprint density at radius 1 is 1.53 bits per heavy atom. The van der Waals surface area contributed by atoms with E-state index in [1.54, 1.807) is 18.3 Å². The molecule has 0 unspecified atom stereocenters. The van der Waals surface area contributed by atoms with Gasteiger partial charge < -0.3 is 10.2 Å². The molecule has 1 aromatic heterocycles. The molecule has 17 heavy (non-hydrogen) atoms. The SMILES string of the molecule is CC1CCN(C(=O)Nc2ccnc(Cl)c2)CC1. The summed E-state index contributed by atoms with van der Waals surface area (Å²) in [5.41, 5.74) is 0.689. The normalized spacial score (nSPS) is 16.9. The standard InChI is InChI=1S/C12H16ClN3O/c1-9-3-6-16(7-4-9)12(17)15-10-2-5-14-11(13)8-10/h2,5,8-9H,3-4,6-7H2,1H3,(H,14,15,17). The van der Waals surface area contributed by atoms with Gasteiger partial charge in [-0.3, -0.25) is 0 Å². The molecule has 2 amide bonds. The summed E-state index contributed by atoms with van der Waals surface area (Å²) in [7, 11) is 0. The highest BCUT2D eigenvalue weighted by Gasteiger charge is 2.20. The minimum absolute atomic E-state index is 0.0563. The van der Waals surface area contributed by atoms with Crippen LogP contribution in [-0.4, -0.2) is 29.0 Å². The minimum Gasteiger partial charge on any atom is -0.325 e. The molecule has 0 bridgehead atoms. The van der Waals surface area contributed by atoms with Crippen molar-refractivity contribution >= 4 is 23.3 Å². The number of halogens is 1. The van der Waals surface area contributed by atoms with Gasteiger partial charge >= 0.3 is 6.03 Å². The number of amides is 2. The zero-order valence-electron chi connectivity index (χ0n) is 9.82. The second-order valence-electron chi connectivity index (χ2n) is 4.47. The van der Waals surface area contributed by atoms with E-state index in [0.29, 0.717) is 10.8 Å². The maximum absolute atomic E-state index is 11.9. The lowest BCUT2D eigenvalue weighted by atomic mass is 10.00. The van der Waals surface area contributed by atoms with E-state index in [-0.39, 0.29) is 6.03 Å². The number of carbonyl (C=O) groups excluding carboxylic acids is 1. The number of pyridine rings is 1. The van der Waals surface area contributed by atoms with Gasteiger partial charge in [0.05, 0.1) is 0 Å². The molecule has 1 aliphatic rings. The molecule has 1 aromatic rings. The molecule has 0 spiro atoms. The van der Waals surface area contributed by atoms with Crippen LogP contribution in [0.5, 0.6) is 0 Å². The molecule has 0 aromatic carbocycles. The Hall–Kier alpha value is -1.29. The zero-order valence-corrected chi connectivity index (χ0v) is 10.6. The number of likely N-dealkylation sites (tertiary alicyclic amines) is 1. The molecule has 2 rings (SSSR count). The van der Waals surface area contributed by atoms with E-state index < -0.39 is 0 Å². The van der Waals surface area contributed by atoms with Crippen LogP contribution in [0.1, 0.15) is 19.8 Å². The van der Waals surface area contributed by atoms with E-state index in [1.807, 2.05) is 4.90 Å². The monoisotopic (exact) mass is 253 g/mol. The molecule has 0 atom stereocenters. The number of nitrogens with zero attached hydrogens (tertiary/aromatic N) is 2. The molecule has 1 fully saturated rings. The van der Waals surface area contributed by atoms with E-state index in [1.165, 1.54) is 0 Å². The van der Waals surface area contributed by atoms with Crippen LogP contribution in [0.15, 0.2) is 18.3 Å². The Morgan fingerprint density at radius 2 is 2.24 bits per heavy atom. The van der Waals surface area contributed by atoms with Gasteiger partial charge in [-0.05, 0) is 30.9 Å². The van der Waals surface area contributed by atoms with Crippen molar-refractivity contribution in [1.29, 1.82) is 0 Å². The largest absolute Gasteiger partial charge is 0.325 e. The number of carbonyl (C=O) groups is 1. The summed E-state index contributed by atoms with van der Waals surface area (Å²) < 4.78 is 0. The summed E-state index contributed by atoms with van der Waals surface area (Å²) in [4.78, 5) is 17.6. The van der Waals surface area contributed by atoms with Crippen molar-refractivity contribution in [3.8, 4) is 0 Å². The van der Waals surface area contributed by atoms with Gasteiger partial charge in [-0.2, -0.15) is 0 Å². The van der Waals surface area contributed by atoms with Crippen LogP contribution in [0, 0.1) is 5.92 Å². The van der Waals surface area contributed by atoms with Crippen molar-refractivity contribution in [2.75, 3.05) is 18.4 Å². The number of hydrogen-bond acceptors (Lipinski definition) is 2. The van der Waals surface area contributed by atoms with Crippen molar-refractivity contribution in [3.05, 3.63) is 23.5 Å². The average Bonchev–Trinajstić information content (AvgIpc) is 2.29. The third kappa shape index (κ3) is 3.33. The zero-order chi connectivity index (χ0) is 12.3. The summed E-state index contributed by atoms with van der Waals surface area (Å²) in [6.07, 6.45) is 3.73. The summed E-state index contributed by atoms with van der Waals surface area (Å²) in [6.45, 7) is 3.87. The molecule has 92 valence electrons. The highest BCUT2D eigenvalue weighted by Crippen LogP contribution is 2.18. The predicted octanol–water partition coefficient (Wildman–Crippen LogP) is 3.00. The van der Waals surface area contributed by atoms with Gasteiger partial charge in [0.2, 0.25) is 0 Å². The first-order valence-corrected chi connectivity index (χ1v) is 6.20. The lowest BCUT2D eigenvalue weighted by Gasteiger charge is -2.30. The topological polar surface area (TPSA) is 45.2 Å². The molecule has 0 saturated carbocycles. The van der Waals surface area contributed by atoms with Crippen molar-refractivity contribution in [2.24, 2.45) is 5.92 Å². The van der Waals surface area contributed by atoms with Crippen LogP contribution >= 0.6 is 11.6 Å². The van der Waals surface area contributed by atoms with Gasteiger partial charge in [0.25, 0.3) is 0 Å². The summed E-state index contributed by atoms with van der Waals surface area (Å²) in [5.74, 6) is 0.717. The molecule has 4 nitrogen and oxygen atoms in total. The van der Waals surface area contributed by atoms with Gasteiger partial charge in [0, 0.05) is 25.0 Å². The first kappa shape index (κ1) is 12.2. The molecular weight excluding hydrogens is 238 g/mol. The molecule has 0 aliphatic carbocycles. The van der Waals surface area contributed by atoms with Crippen molar-refractivity contribution in [2.45, 2.75) is 19.8 Å². The van der Waals surface area contributed by atoms with Crippen molar-refractivity contribution < 1.29 is 4.79 Å². The number of nitrogens with one attached hydrogen (secondary N) is 1. The molecule has 2 heterocycles. The lowest BCUT2D eigenvalue weighted by Crippen LogP contribution is -2.40. The Morgan fingerprint density at radius 3 is 2.88 bits per heavy atom. The second kappa shape index (κ2) is 5.36. The smallest absolute Gasteiger partial charge is 0.321 e. The summed E-state index contributed by atoms with van der Waals surface area (Å²) in [6, 6.07) is 3.32. The van der Waals surface area contributed by atoms with Crippen LogP contribution < -0.4 is 5.32 Å². The Bertz CT molecular complexity index is 402. The maximum atomic E-state index is 11.9. The molecule has 1 saturated heterocycles. The fraction of sp³-hybridized carbons (Fsp3) is 0.500. The number of aromatic nitrogens is 1. The van der Waals surface area contributed by atoms with Gasteiger partial charge in [0.1, 0.15) is 5.15 Å².